The number of halogens is 1. The van der Waals surface area contributed by atoms with Crippen LogP contribution in [-0.4, -0.2) is 33.7 Å². The summed E-state index contributed by atoms with van der Waals surface area (Å²) in [5, 5.41) is 0.585. The molecule has 0 spiro atoms. The number of amides is 1. The van der Waals surface area contributed by atoms with Crippen molar-refractivity contribution in [1.82, 2.24) is 15.0 Å². The summed E-state index contributed by atoms with van der Waals surface area (Å²) in [6.07, 6.45) is 4.10. The molecule has 0 radical (unpaired) electrons. The van der Waals surface area contributed by atoms with Crippen LogP contribution in [0.15, 0.2) is 32.8 Å². The molecule has 6 nitrogen and oxygen atoms in total. The average molecular weight is 411 g/mol. The number of nitrogens with zero attached hydrogens (tertiary/aromatic N) is 3. The normalized spacial score (nSPS) is 10.7. The number of nitrogens with one attached hydrogen (secondary N) is 1. The van der Waals surface area contributed by atoms with Crippen molar-refractivity contribution < 1.29 is 4.79 Å². The summed E-state index contributed by atoms with van der Waals surface area (Å²) in [6, 6.07) is 3.64. The topological polar surface area (TPSA) is 79.0 Å². The minimum Gasteiger partial charge on any atom is -0.301 e. The standard InChI is InChI=1S/C16H19BrN4O2S/c1-4-21(13-7-5-11(17)9-18-13)14(22)8-6-12-10(2)19-16(24-3)20-15(12)23/h5,7,9H,4,6,8H2,1-3H3,(H,19,20,23). The molecule has 1 amide bonds. The van der Waals surface area contributed by atoms with E-state index in [1.807, 2.05) is 19.2 Å². The van der Waals surface area contributed by atoms with E-state index < -0.39 is 0 Å². The molecule has 2 heterocycles. The van der Waals surface area contributed by atoms with Crippen molar-refractivity contribution >= 4 is 39.4 Å². The zero-order chi connectivity index (χ0) is 17.7. The van der Waals surface area contributed by atoms with Gasteiger partial charge in [-0.2, -0.15) is 0 Å². The predicted molar refractivity (Wildman–Crippen MR) is 99.7 cm³/mol. The van der Waals surface area contributed by atoms with Gasteiger partial charge in [-0.1, -0.05) is 11.8 Å². The van der Waals surface area contributed by atoms with Gasteiger partial charge in [0.2, 0.25) is 5.91 Å². The Bertz CT molecular complexity index is 777. The molecule has 128 valence electrons. The number of H-pyrrole nitrogens is 1. The lowest BCUT2D eigenvalue weighted by atomic mass is 10.1. The van der Waals surface area contributed by atoms with E-state index in [-0.39, 0.29) is 17.9 Å². The molecular weight excluding hydrogens is 392 g/mol. The van der Waals surface area contributed by atoms with Crippen molar-refractivity contribution in [2.24, 2.45) is 0 Å². The molecule has 0 saturated heterocycles. The molecule has 0 saturated carbocycles. The Balaban J connectivity index is 2.12. The summed E-state index contributed by atoms with van der Waals surface area (Å²) < 4.78 is 0.858. The second-order valence-electron chi connectivity index (χ2n) is 5.11. The van der Waals surface area contributed by atoms with E-state index in [9.17, 15) is 9.59 Å². The van der Waals surface area contributed by atoms with Crippen LogP contribution in [0, 0.1) is 6.92 Å². The molecule has 0 unspecified atom stereocenters. The summed E-state index contributed by atoms with van der Waals surface area (Å²) in [6.45, 7) is 4.21. The Morgan fingerprint density at radius 3 is 2.71 bits per heavy atom. The minimum absolute atomic E-state index is 0.0694. The molecule has 0 atom stereocenters. The first kappa shape index (κ1) is 18.7. The van der Waals surface area contributed by atoms with Crippen LogP contribution in [0.2, 0.25) is 0 Å². The van der Waals surface area contributed by atoms with E-state index in [1.54, 1.807) is 24.1 Å². The number of hydrogen-bond acceptors (Lipinski definition) is 5. The first-order valence-electron chi connectivity index (χ1n) is 7.52. The third-order valence-corrected chi connectivity index (χ3v) is 4.64. The molecule has 24 heavy (non-hydrogen) atoms. The summed E-state index contributed by atoms with van der Waals surface area (Å²) in [5.41, 5.74) is 1.05. The second-order valence-corrected chi connectivity index (χ2v) is 6.82. The fourth-order valence-electron chi connectivity index (χ4n) is 2.34. The van der Waals surface area contributed by atoms with Crippen LogP contribution in [0.3, 0.4) is 0 Å². The highest BCUT2D eigenvalue weighted by Crippen LogP contribution is 2.16. The van der Waals surface area contributed by atoms with Gasteiger partial charge in [0.15, 0.2) is 5.16 Å². The molecular formula is C16H19BrN4O2S. The quantitative estimate of drug-likeness (QED) is 0.584. The molecule has 0 aliphatic rings. The first-order valence-corrected chi connectivity index (χ1v) is 9.53. The lowest BCUT2D eigenvalue weighted by Crippen LogP contribution is -2.32. The number of thioether (sulfide) groups is 1. The van der Waals surface area contributed by atoms with Crippen molar-refractivity contribution in [3.05, 3.63) is 44.4 Å². The van der Waals surface area contributed by atoms with Crippen LogP contribution in [0.1, 0.15) is 24.6 Å². The van der Waals surface area contributed by atoms with Crippen molar-refractivity contribution in [2.45, 2.75) is 31.8 Å². The number of aromatic nitrogens is 3. The number of pyridine rings is 1. The van der Waals surface area contributed by atoms with Crippen LogP contribution < -0.4 is 10.5 Å². The predicted octanol–water partition coefficient (Wildman–Crippen LogP) is 2.94. The zero-order valence-corrected chi connectivity index (χ0v) is 16.2. The summed E-state index contributed by atoms with van der Waals surface area (Å²) >= 11 is 4.71. The fourth-order valence-corrected chi connectivity index (χ4v) is 2.99. The van der Waals surface area contributed by atoms with Gasteiger partial charge in [-0.25, -0.2) is 9.97 Å². The summed E-state index contributed by atoms with van der Waals surface area (Å²) in [5.74, 6) is 0.534. The smallest absolute Gasteiger partial charge is 0.254 e. The molecule has 2 aromatic heterocycles. The van der Waals surface area contributed by atoms with Gasteiger partial charge in [-0.3, -0.25) is 14.5 Å². The molecule has 0 aromatic carbocycles. The average Bonchev–Trinajstić information content (AvgIpc) is 2.56. The molecule has 1 N–H and O–H groups in total. The van der Waals surface area contributed by atoms with Crippen LogP contribution in [0.25, 0.3) is 0 Å². The van der Waals surface area contributed by atoms with Gasteiger partial charge in [0.25, 0.3) is 5.56 Å². The number of hydrogen-bond donors (Lipinski definition) is 1. The second kappa shape index (κ2) is 8.43. The Labute approximate surface area is 153 Å². The highest BCUT2D eigenvalue weighted by Gasteiger charge is 2.17. The number of carbonyl (C=O) groups is 1. The van der Waals surface area contributed by atoms with Gasteiger partial charge in [-0.05, 0) is 54.6 Å². The van der Waals surface area contributed by atoms with Gasteiger partial charge in [0.1, 0.15) is 5.82 Å². The maximum absolute atomic E-state index is 12.5. The Kier molecular flexibility index (Phi) is 6.56. The molecule has 2 aromatic rings. The Hall–Kier alpha value is -1.67. The van der Waals surface area contributed by atoms with Gasteiger partial charge in [-0.15, -0.1) is 0 Å². The number of aromatic amines is 1. The van der Waals surface area contributed by atoms with Crippen molar-refractivity contribution in [1.29, 1.82) is 0 Å². The van der Waals surface area contributed by atoms with Crippen LogP contribution >= 0.6 is 27.7 Å². The SMILES string of the molecule is CCN(C(=O)CCc1c(C)nc(SC)[nH]c1=O)c1ccc(Br)cn1. The number of rotatable bonds is 6. The van der Waals surface area contributed by atoms with Gasteiger partial charge < -0.3 is 4.98 Å². The number of carbonyl (C=O) groups excluding carboxylic acids is 1. The third kappa shape index (κ3) is 4.45. The molecule has 0 bridgehead atoms. The van der Waals surface area contributed by atoms with Gasteiger partial charge in [0, 0.05) is 34.9 Å². The highest BCUT2D eigenvalue weighted by molar-refractivity contribution is 9.10. The molecule has 8 heteroatoms. The Morgan fingerprint density at radius 2 is 2.17 bits per heavy atom. The monoisotopic (exact) mass is 410 g/mol. The van der Waals surface area contributed by atoms with Crippen LogP contribution in [-0.2, 0) is 11.2 Å². The highest BCUT2D eigenvalue weighted by atomic mass is 79.9. The lowest BCUT2D eigenvalue weighted by Gasteiger charge is -2.20. The lowest BCUT2D eigenvalue weighted by molar-refractivity contribution is -0.118. The molecule has 0 fully saturated rings. The largest absolute Gasteiger partial charge is 0.301 e. The molecule has 0 aliphatic heterocycles. The Morgan fingerprint density at radius 1 is 1.42 bits per heavy atom. The summed E-state index contributed by atoms with van der Waals surface area (Å²) in [7, 11) is 0. The zero-order valence-electron chi connectivity index (χ0n) is 13.8. The van der Waals surface area contributed by atoms with E-state index >= 15 is 0 Å². The van der Waals surface area contributed by atoms with Crippen LogP contribution in [0.4, 0.5) is 5.82 Å². The van der Waals surface area contributed by atoms with Crippen molar-refractivity contribution in [3.8, 4) is 0 Å². The number of anilines is 1. The number of aryl methyl sites for hydroxylation is 1. The van der Waals surface area contributed by atoms with Crippen LogP contribution in [0.5, 0.6) is 0 Å². The van der Waals surface area contributed by atoms with E-state index in [0.29, 0.717) is 35.2 Å². The summed E-state index contributed by atoms with van der Waals surface area (Å²) in [4.78, 5) is 37.6. The van der Waals surface area contributed by atoms with Crippen molar-refractivity contribution in [2.75, 3.05) is 17.7 Å². The maximum Gasteiger partial charge on any atom is 0.254 e. The van der Waals surface area contributed by atoms with E-state index in [4.69, 9.17) is 0 Å². The van der Waals surface area contributed by atoms with E-state index in [0.717, 1.165) is 4.47 Å². The van der Waals surface area contributed by atoms with Gasteiger partial charge in [0.05, 0.1) is 0 Å². The van der Waals surface area contributed by atoms with E-state index in [1.165, 1.54) is 11.8 Å². The molecule has 2 rings (SSSR count). The van der Waals surface area contributed by atoms with Crippen molar-refractivity contribution in [3.63, 3.8) is 0 Å². The fraction of sp³-hybridized carbons (Fsp3) is 0.375. The maximum atomic E-state index is 12.5. The molecule has 0 aliphatic carbocycles. The van der Waals surface area contributed by atoms with E-state index in [2.05, 4.69) is 30.9 Å². The van der Waals surface area contributed by atoms with Gasteiger partial charge >= 0.3 is 0 Å². The third-order valence-electron chi connectivity index (χ3n) is 3.59. The minimum atomic E-state index is -0.176. The first-order chi connectivity index (χ1) is 11.5.